The minimum absolute atomic E-state index is 0.0308. The summed E-state index contributed by atoms with van der Waals surface area (Å²) in [5.74, 6) is -1.04. The fraction of sp³-hybridized carbons (Fsp3) is 0.400. The van der Waals surface area contributed by atoms with E-state index < -0.39 is 17.3 Å². The van der Waals surface area contributed by atoms with Gasteiger partial charge in [0.15, 0.2) is 5.41 Å². The second-order valence-corrected chi connectivity index (χ2v) is 5.13. The van der Waals surface area contributed by atoms with Gasteiger partial charge >= 0.3 is 5.97 Å². The van der Waals surface area contributed by atoms with Crippen molar-refractivity contribution in [1.29, 1.82) is 5.26 Å². The summed E-state index contributed by atoms with van der Waals surface area (Å²) in [6.45, 7) is 0.150. The number of ketones is 1. The Hall–Kier alpha value is -2.15. The summed E-state index contributed by atoms with van der Waals surface area (Å²) in [7, 11) is 0. The van der Waals surface area contributed by atoms with Gasteiger partial charge in [-0.1, -0.05) is 30.3 Å². The molecule has 1 aromatic carbocycles. The van der Waals surface area contributed by atoms with E-state index in [9.17, 15) is 14.9 Å². The summed E-state index contributed by atoms with van der Waals surface area (Å²) in [5, 5.41) is 9.24. The number of hydrogen-bond acceptors (Lipinski definition) is 4. The van der Waals surface area contributed by atoms with E-state index in [1.807, 2.05) is 36.4 Å². The summed E-state index contributed by atoms with van der Waals surface area (Å²) in [6, 6.07) is 11.3. The summed E-state index contributed by atoms with van der Waals surface area (Å²) in [4.78, 5) is 23.7. The third-order valence-electron chi connectivity index (χ3n) is 4.15. The number of carbonyl (C=O) groups excluding carboxylic acids is 2. The highest BCUT2D eigenvalue weighted by molar-refractivity contribution is 5.99. The maximum Gasteiger partial charge on any atom is 0.327 e. The molecule has 0 saturated heterocycles. The molecule has 0 bridgehead atoms. The average molecular weight is 255 g/mol. The summed E-state index contributed by atoms with van der Waals surface area (Å²) in [5.41, 5.74) is -0.314. The van der Waals surface area contributed by atoms with E-state index in [1.165, 1.54) is 0 Å². The highest BCUT2D eigenvalue weighted by Gasteiger charge is 2.76. The van der Waals surface area contributed by atoms with Gasteiger partial charge in [0.25, 0.3) is 0 Å². The lowest BCUT2D eigenvalue weighted by Crippen LogP contribution is -2.24. The van der Waals surface area contributed by atoms with Gasteiger partial charge in [-0.3, -0.25) is 9.59 Å². The van der Waals surface area contributed by atoms with Crippen LogP contribution in [-0.4, -0.2) is 11.8 Å². The zero-order chi connectivity index (χ0) is 13.5. The van der Waals surface area contributed by atoms with E-state index in [1.54, 1.807) is 0 Å². The van der Waals surface area contributed by atoms with E-state index in [2.05, 4.69) is 0 Å². The molecule has 0 N–H and O–H groups in total. The number of benzene rings is 1. The largest absolute Gasteiger partial charge is 0.460 e. The zero-order valence-corrected chi connectivity index (χ0v) is 10.3. The lowest BCUT2D eigenvalue weighted by atomic mass is 9.97. The molecule has 0 aromatic heterocycles. The van der Waals surface area contributed by atoms with Gasteiger partial charge in [0, 0.05) is 12.3 Å². The van der Waals surface area contributed by atoms with E-state index in [4.69, 9.17) is 4.74 Å². The molecule has 2 fully saturated rings. The normalized spacial score (nSPS) is 31.4. The highest BCUT2D eigenvalue weighted by atomic mass is 16.5. The molecule has 2 saturated carbocycles. The monoisotopic (exact) mass is 255 g/mol. The number of hydrogen-bond donors (Lipinski definition) is 0. The maximum absolute atomic E-state index is 12.1. The highest BCUT2D eigenvalue weighted by Crippen LogP contribution is 2.65. The van der Waals surface area contributed by atoms with E-state index >= 15 is 0 Å². The minimum Gasteiger partial charge on any atom is -0.460 e. The molecule has 0 spiro atoms. The number of Topliss-reactive ketones (excluding diaryl/α,β-unsaturated/α-hetero) is 1. The molecular weight excluding hydrogens is 242 g/mol. The third-order valence-corrected chi connectivity index (χ3v) is 4.15. The van der Waals surface area contributed by atoms with E-state index in [0.29, 0.717) is 12.8 Å². The van der Waals surface area contributed by atoms with Gasteiger partial charge < -0.3 is 4.74 Å². The molecule has 0 unspecified atom stereocenters. The lowest BCUT2D eigenvalue weighted by Gasteiger charge is -2.11. The summed E-state index contributed by atoms with van der Waals surface area (Å²) in [6.07, 6.45) is 1.13. The second-order valence-electron chi connectivity index (χ2n) is 5.13. The molecule has 4 nitrogen and oxygen atoms in total. The van der Waals surface area contributed by atoms with E-state index in [0.717, 1.165) is 5.56 Å². The van der Waals surface area contributed by atoms with Crippen LogP contribution in [-0.2, 0) is 20.9 Å². The first-order valence-corrected chi connectivity index (χ1v) is 6.35. The van der Waals surface area contributed by atoms with Crippen LogP contribution in [0.1, 0.15) is 18.4 Å². The van der Waals surface area contributed by atoms with Crippen LogP contribution in [0.2, 0.25) is 0 Å². The molecule has 19 heavy (non-hydrogen) atoms. The SMILES string of the molecule is N#C[C@]1(C(=O)OCc2ccccc2)[C@@H]2C(=O)CC[C@@H]21. The molecule has 0 radical (unpaired) electrons. The van der Waals surface area contributed by atoms with Gasteiger partial charge in [-0.05, 0) is 12.0 Å². The smallest absolute Gasteiger partial charge is 0.327 e. The lowest BCUT2D eigenvalue weighted by molar-refractivity contribution is -0.151. The zero-order valence-electron chi connectivity index (χ0n) is 10.3. The van der Waals surface area contributed by atoms with Crippen LogP contribution in [0.25, 0.3) is 0 Å². The van der Waals surface area contributed by atoms with Crippen LogP contribution in [0, 0.1) is 28.6 Å². The number of carbonyl (C=O) groups is 2. The van der Waals surface area contributed by atoms with Gasteiger partial charge in [-0.2, -0.15) is 5.26 Å². The van der Waals surface area contributed by atoms with Crippen molar-refractivity contribution in [1.82, 2.24) is 0 Å². The molecular formula is C15H13NO3. The van der Waals surface area contributed by atoms with Crippen molar-refractivity contribution >= 4 is 11.8 Å². The number of nitriles is 1. The van der Waals surface area contributed by atoms with Crippen LogP contribution < -0.4 is 0 Å². The molecule has 3 rings (SSSR count). The Labute approximate surface area is 111 Å². The molecule has 3 atom stereocenters. The number of rotatable bonds is 3. The van der Waals surface area contributed by atoms with Crippen molar-refractivity contribution in [2.45, 2.75) is 19.4 Å². The Balaban J connectivity index is 1.68. The number of fused-ring (bicyclic) bond motifs is 1. The molecule has 0 amide bonds. The summed E-state index contributed by atoms with van der Waals surface area (Å²) < 4.78 is 5.22. The molecule has 0 heterocycles. The van der Waals surface area contributed by atoms with Crippen molar-refractivity contribution in [2.24, 2.45) is 17.3 Å². The van der Waals surface area contributed by atoms with Crippen molar-refractivity contribution in [3.8, 4) is 6.07 Å². The fourth-order valence-corrected chi connectivity index (χ4v) is 3.10. The predicted octanol–water partition coefficient (Wildman–Crippen LogP) is 1.85. The number of ether oxygens (including phenoxy) is 1. The van der Waals surface area contributed by atoms with Crippen LogP contribution in [0.5, 0.6) is 0 Å². The van der Waals surface area contributed by atoms with Crippen LogP contribution in [0.4, 0.5) is 0 Å². The Morgan fingerprint density at radius 2 is 2.16 bits per heavy atom. The van der Waals surface area contributed by atoms with Crippen molar-refractivity contribution in [3.63, 3.8) is 0 Å². The first-order chi connectivity index (χ1) is 9.20. The van der Waals surface area contributed by atoms with Crippen molar-refractivity contribution in [3.05, 3.63) is 35.9 Å². The van der Waals surface area contributed by atoms with Crippen LogP contribution >= 0.6 is 0 Å². The van der Waals surface area contributed by atoms with Crippen LogP contribution in [0.3, 0.4) is 0 Å². The third kappa shape index (κ3) is 1.66. The molecule has 2 aliphatic rings. The molecule has 2 aliphatic carbocycles. The van der Waals surface area contributed by atoms with Gasteiger partial charge in [-0.25, -0.2) is 0 Å². The van der Waals surface area contributed by atoms with Gasteiger partial charge in [0.2, 0.25) is 0 Å². The Kier molecular flexibility index (Phi) is 2.63. The first-order valence-electron chi connectivity index (χ1n) is 6.35. The van der Waals surface area contributed by atoms with Gasteiger partial charge in [0.05, 0.1) is 12.0 Å². The van der Waals surface area contributed by atoms with Crippen molar-refractivity contribution in [2.75, 3.05) is 0 Å². The minimum atomic E-state index is -1.19. The van der Waals surface area contributed by atoms with Crippen molar-refractivity contribution < 1.29 is 14.3 Å². The standard InChI is InChI=1S/C15H13NO3/c16-9-15(11-6-7-12(17)13(11)15)14(18)19-8-10-4-2-1-3-5-10/h1-5,11,13H,6-8H2/t11-,13-,15+/m0/s1. The molecule has 0 aliphatic heterocycles. The summed E-state index contributed by atoms with van der Waals surface area (Å²) >= 11 is 0. The van der Waals surface area contributed by atoms with Gasteiger partial charge in [-0.15, -0.1) is 0 Å². The Morgan fingerprint density at radius 1 is 1.42 bits per heavy atom. The number of esters is 1. The Morgan fingerprint density at radius 3 is 2.74 bits per heavy atom. The molecule has 4 heteroatoms. The topological polar surface area (TPSA) is 67.2 Å². The quantitative estimate of drug-likeness (QED) is 0.773. The Bertz CT molecular complexity index is 575. The van der Waals surface area contributed by atoms with Gasteiger partial charge in [0.1, 0.15) is 12.4 Å². The maximum atomic E-state index is 12.1. The molecule has 1 aromatic rings. The first kappa shape index (κ1) is 11.9. The second kappa shape index (κ2) is 4.20. The predicted molar refractivity (Wildman–Crippen MR) is 65.5 cm³/mol. The van der Waals surface area contributed by atoms with Crippen LogP contribution in [0.15, 0.2) is 30.3 Å². The molecule has 96 valence electrons. The average Bonchev–Trinajstić information content (AvgIpc) is 2.97. The van der Waals surface area contributed by atoms with E-state index in [-0.39, 0.29) is 18.3 Å². The number of nitrogens with zero attached hydrogens (tertiary/aromatic N) is 1. The fourth-order valence-electron chi connectivity index (χ4n) is 3.10.